The highest BCUT2D eigenvalue weighted by atomic mass is 19.4. The molecule has 3 heterocycles. The molecule has 1 aromatic heterocycles. The van der Waals surface area contributed by atoms with Gasteiger partial charge in [-0.15, -0.1) is 0 Å². The second-order valence-electron chi connectivity index (χ2n) is 7.44. The highest BCUT2D eigenvalue weighted by molar-refractivity contribution is 5.92. The first-order chi connectivity index (χ1) is 12.3. The lowest BCUT2D eigenvalue weighted by atomic mass is 9.75. The number of anilines is 1. The van der Waals surface area contributed by atoms with Crippen molar-refractivity contribution in [1.82, 2.24) is 4.98 Å². The number of hydrogen-bond donors (Lipinski definition) is 1. The van der Waals surface area contributed by atoms with Crippen LogP contribution in [0.15, 0.2) is 24.3 Å². The maximum Gasteiger partial charge on any atom is 0.416 e. The molecule has 0 spiro atoms. The minimum absolute atomic E-state index is 0.0950. The van der Waals surface area contributed by atoms with Gasteiger partial charge in [0.15, 0.2) is 0 Å². The van der Waals surface area contributed by atoms with Gasteiger partial charge in [0.2, 0.25) is 0 Å². The molecule has 0 aliphatic carbocycles. The number of aliphatic hydroxyl groups excluding tert-OH is 1. The molecule has 140 valence electrons. The summed E-state index contributed by atoms with van der Waals surface area (Å²) in [5.41, 5.74) is 1.01. The highest BCUT2D eigenvalue weighted by Crippen LogP contribution is 2.45. The number of halogens is 3. The Balaban J connectivity index is 1.77. The Morgan fingerprint density at radius 2 is 2.15 bits per heavy atom. The third kappa shape index (κ3) is 2.83. The molecule has 7 heteroatoms. The number of hydrogen-bond acceptors (Lipinski definition) is 4. The van der Waals surface area contributed by atoms with Gasteiger partial charge in [-0.3, -0.25) is 4.98 Å². The molecule has 2 fully saturated rings. The number of ether oxygens (including phenoxy) is 1. The normalized spacial score (nSPS) is 26.3. The van der Waals surface area contributed by atoms with Crippen LogP contribution in [0.4, 0.5) is 18.9 Å². The van der Waals surface area contributed by atoms with Crippen molar-refractivity contribution in [3.05, 3.63) is 35.5 Å². The van der Waals surface area contributed by atoms with Crippen molar-refractivity contribution in [2.75, 3.05) is 37.8 Å². The topological polar surface area (TPSA) is 45.6 Å². The van der Waals surface area contributed by atoms with E-state index in [1.54, 1.807) is 6.92 Å². The van der Waals surface area contributed by atoms with Gasteiger partial charge in [-0.05, 0) is 31.5 Å². The molecule has 26 heavy (non-hydrogen) atoms. The fourth-order valence-electron chi connectivity index (χ4n) is 4.27. The quantitative estimate of drug-likeness (QED) is 0.885. The van der Waals surface area contributed by atoms with Gasteiger partial charge >= 0.3 is 6.18 Å². The number of pyridine rings is 1. The van der Waals surface area contributed by atoms with Crippen LogP contribution in [0, 0.1) is 18.3 Å². The first-order valence-corrected chi connectivity index (χ1v) is 8.75. The van der Waals surface area contributed by atoms with Gasteiger partial charge in [0.05, 0.1) is 24.3 Å². The van der Waals surface area contributed by atoms with E-state index in [1.807, 2.05) is 6.07 Å². The Labute approximate surface area is 149 Å². The molecule has 2 aliphatic heterocycles. The van der Waals surface area contributed by atoms with Crippen molar-refractivity contribution in [2.24, 2.45) is 11.3 Å². The zero-order chi connectivity index (χ0) is 18.5. The fraction of sp³-hybridized carbons (Fsp3) is 0.526. The van der Waals surface area contributed by atoms with Crippen molar-refractivity contribution < 1.29 is 23.0 Å². The smallest absolute Gasteiger partial charge is 0.396 e. The summed E-state index contributed by atoms with van der Waals surface area (Å²) >= 11 is 0. The molecular weight excluding hydrogens is 345 g/mol. The van der Waals surface area contributed by atoms with Crippen LogP contribution in [-0.4, -0.2) is 43.0 Å². The van der Waals surface area contributed by atoms with E-state index >= 15 is 0 Å². The Bertz CT molecular complexity index is 839. The van der Waals surface area contributed by atoms with Gasteiger partial charge in [0.25, 0.3) is 0 Å². The van der Waals surface area contributed by atoms with E-state index in [0.29, 0.717) is 36.4 Å². The van der Waals surface area contributed by atoms with Gasteiger partial charge in [-0.25, -0.2) is 0 Å². The van der Waals surface area contributed by atoms with Crippen LogP contribution in [0.1, 0.15) is 17.7 Å². The van der Waals surface area contributed by atoms with E-state index in [4.69, 9.17) is 4.74 Å². The van der Waals surface area contributed by atoms with Crippen LogP contribution >= 0.6 is 0 Å². The Kier molecular flexibility index (Phi) is 4.11. The van der Waals surface area contributed by atoms with Gasteiger partial charge in [0, 0.05) is 47.8 Å². The predicted molar refractivity (Wildman–Crippen MR) is 92.1 cm³/mol. The van der Waals surface area contributed by atoms with Crippen LogP contribution in [0.3, 0.4) is 0 Å². The standard InChI is InChI=1S/C19H21F3N2O2/c1-12-6-17(15-3-2-13(19(20,21)22)7-16(15)23-12)24-8-14-9-26-5-4-18(14,10-24)11-25/h2-3,6-7,14,25H,4-5,8-11H2,1H3/t14-,18-/m1/s1. The van der Waals surface area contributed by atoms with Crippen molar-refractivity contribution in [3.63, 3.8) is 0 Å². The summed E-state index contributed by atoms with van der Waals surface area (Å²) in [6.07, 6.45) is -3.59. The molecule has 1 N–H and O–H groups in total. The molecule has 2 aliphatic rings. The number of aromatic nitrogens is 1. The highest BCUT2D eigenvalue weighted by Gasteiger charge is 2.48. The van der Waals surface area contributed by atoms with E-state index < -0.39 is 11.7 Å². The monoisotopic (exact) mass is 366 g/mol. The molecule has 4 nitrogen and oxygen atoms in total. The third-order valence-electron chi connectivity index (χ3n) is 5.77. The maximum absolute atomic E-state index is 13.0. The van der Waals surface area contributed by atoms with Crippen LogP contribution in [0.5, 0.6) is 0 Å². The lowest BCUT2D eigenvalue weighted by Gasteiger charge is -2.36. The molecule has 2 atom stereocenters. The summed E-state index contributed by atoms with van der Waals surface area (Å²) in [7, 11) is 0. The Hall–Kier alpha value is -1.86. The second-order valence-corrected chi connectivity index (χ2v) is 7.44. The molecule has 0 bridgehead atoms. The number of benzene rings is 1. The van der Waals surface area contributed by atoms with Crippen molar-refractivity contribution in [3.8, 4) is 0 Å². The maximum atomic E-state index is 13.0. The number of aryl methyl sites for hydroxylation is 1. The molecule has 2 aromatic rings. The molecular formula is C19H21F3N2O2. The minimum Gasteiger partial charge on any atom is -0.396 e. The molecule has 0 radical (unpaired) electrons. The fourth-order valence-corrected chi connectivity index (χ4v) is 4.27. The second kappa shape index (κ2) is 6.09. The molecule has 4 rings (SSSR count). The van der Waals surface area contributed by atoms with Crippen molar-refractivity contribution in [1.29, 1.82) is 0 Å². The average Bonchev–Trinajstić information content (AvgIpc) is 2.99. The van der Waals surface area contributed by atoms with Crippen LogP contribution in [-0.2, 0) is 10.9 Å². The summed E-state index contributed by atoms with van der Waals surface area (Å²) < 4.78 is 44.7. The SMILES string of the molecule is Cc1cc(N2C[C@@H]3COCC[C@]3(CO)C2)c2ccc(C(F)(F)F)cc2n1. The summed E-state index contributed by atoms with van der Waals surface area (Å²) in [6.45, 7) is 4.53. The summed E-state index contributed by atoms with van der Waals surface area (Å²) in [6, 6.07) is 5.64. The van der Waals surface area contributed by atoms with Crippen molar-refractivity contribution in [2.45, 2.75) is 19.5 Å². The molecule has 0 saturated carbocycles. The van der Waals surface area contributed by atoms with Gasteiger partial charge in [-0.2, -0.15) is 13.2 Å². The molecule has 1 aromatic carbocycles. The zero-order valence-corrected chi connectivity index (χ0v) is 14.5. The number of nitrogens with zero attached hydrogens (tertiary/aromatic N) is 2. The molecule has 2 saturated heterocycles. The van der Waals surface area contributed by atoms with Crippen molar-refractivity contribution >= 4 is 16.6 Å². The predicted octanol–water partition coefficient (Wildman–Crippen LogP) is 3.40. The third-order valence-corrected chi connectivity index (χ3v) is 5.77. The zero-order valence-electron chi connectivity index (χ0n) is 14.5. The average molecular weight is 366 g/mol. The molecule has 0 unspecified atom stereocenters. The largest absolute Gasteiger partial charge is 0.416 e. The summed E-state index contributed by atoms with van der Waals surface area (Å²) in [4.78, 5) is 6.48. The number of alkyl halides is 3. The lowest BCUT2D eigenvalue weighted by Crippen LogP contribution is -2.41. The number of rotatable bonds is 2. The van der Waals surface area contributed by atoms with E-state index in [1.165, 1.54) is 6.07 Å². The first kappa shape index (κ1) is 17.5. The van der Waals surface area contributed by atoms with Gasteiger partial charge in [-0.1, -0.05) is 6.07 Å². The summed E-state index contributed by atoms with van der Waals surface area (Å²) in [5, 5.41) is 10.7. The van der Waals surface area contributed by atoms with E-state index in [2.05, 4.69) is 9.88 Å². The van der Waals surface area contributed by atoms with E-state index in [9.17, 15) is 18.3 Å². The Morgan fingerprint density at radius 3 is 2.85 bits per heavy atom. The van der Waals surface area contributed by atoms with Crippen LogP contribution in [0.2, 0.25) is 0 Å². The van der Waals surface area contributed by atoms with Gasteiger partial charge in [0.1, 0.15) is 0 Å². The van der Waals surface area contributed by atoms with Crippen LogP contribution < -0.4 is 4.90 Å². The molecule has 0 amide bonds. The van der Waals surface area contributed by atoms with E-state index in [0.717, 1.165) is 30.8 Å². The minimum atomic E-state index is -4.39. The number of fused-ring (bicyclic) bond motifs is 2. The number of aliphatic hydroxyl groups is 1. The van der Waals surface area contributed by atoms with Crippen LogP contribution in [0.25, 0.3) is 10.9 Å². The Morgan fingerprint density at radius 1 is 1.35 bits per heavy atom. The first-order valence-electron chi connectivity index (χ1n) is 8.75. The van der Waals surface area contributed by atoms with E-state index in [-0.39, 0.29) is 17.9 Å². The lowest BCUT2D eigenvalue weighted by molar-refractivity contribution is -0.137. The summed E-state index contributed by atoms with van der Waals surface area (Å²) in [5.74, 6) is 0.221. The van der Waals surface area contributed by atoms with Gasteiger partial charge < -0.3 is 14.7 Å².